The van der Waals surface area contributed by atoms with E-state index in [1.54, 1.807) is 54.5 Å². The lowest BCUT2D eigenvalue weighted by Crippen LogP contribution is -2.36. The summed E-state index contributed by atoms with van der Waals surface area (Å²) in [6.07, 6.45) is 0. The second kappa shape index (κ2) is 13.0. The molecule has 9 heteroatoms. The maximum Gasteiger partial charge on any atom is 0.261 e. The van der Waals surface area contributed by atoms with Crippen molar-refractivity contribution in [2.75, 3.05) is 37.1 Å². The first-order valence-corrected chi connectivity index (χ1v) is 12.1. The normalized spacial score (nSPS) is 10.4. The summed E-state index contributed by atoms with van der Waals surface area (Å²) in [5.74, 6) is -0.223. The van der Waals surface area contributed by atoms with Crippen LogP contribution in [0.25, 0.3) is 0 Å². The van der Waals surface area contributed by atoms with Gasteiger partial charge in [0.25, 0.3) is 11.8 Å². The molecule has 0 bridgehead atoms. The average molecular weight is 556 g/mol. The minimum Gasteiger partial charge on any atom is -0.490 e. The molecule has 182 valence electrons. The molecule has 0 spiro atoms. The summed E-state index contributed by atoms with van der Waals surface area (Å²) in [6.45, 7) is 3.09. The van der Waals surface area contributed by atoms with Crippen molar-refractivity contribution in [2.24, 2.45) is 0 Å². The van der Waals surface area contributed by atoms with Gasteiger partial charge in [-0.15, -0.1) is 0 Å². The summed E-state index contributed by atoms with van der Waals surface area (Å²) >= 11 is 8.77. The number of amides is 2. The Balaban J connectivity index is 1.76. The number of hydrogen-bond donors (Lipinski definition) is 2. The highest BCUT2D eigenvalue weighted by molar-refractivity contribution is 9.10. The molecule has 0 aliphatic rings. The molecule has 0 aliphatic heterocycles. The van der Waals surface area contributed by atoms with Crippen LogP contribution in [0.2, 0.25) is 0 Å². The van der Waals surface area contributed by atoms with Gasteiger partial charge in [0.2, 0.25) is 0 Å². The summed E-state index contributed by atoms with van der Waals surface area (Å²) in [7, 11) is 1.57. The molecule has 0 fully saturated rings. The summed E-state index contributed by atoms with van der Waals surface area (Å²) in [6, 6.07) is 21.6. The molecule has 0 aromatic heterocycles. The fourth-order valence-corrected chi connectivity index (χ4v) is 3.90. The van der Waals surface area contributed by atoms with Crippen LogP contribution in [0.5, 0.6) is 5.75 Å². The van der Waals surface area contributed by atoms with E-state index in [-0.39, 0.29) is 11.0 Å². The monoisotopic (exact) mass is 555 g/mol. The van der Waals surface area contributed by atoms with Gasteiger partial charge in [0, 0.05) is 23.8 Å². The molecule has 35 heavy (non-hydrogen) atoms. The SMILES string of the molecule is CCN(C(=O)c1ccccc1NC(=S)NC(=O)c1cc(Br)ccc1OCCOC)c1ccccc1. The smallest absolute Gasteiger partial charge is 0.261 e. The third-order valence-electron chi connectivity index (χ3n) is 4.99. The number of benzene rings is 3. The molecule has 0 saturated carbocycles. The van der Waals surface area contributed by atoms with Crippen LogP contribution < -0.4 is 20.3 Å². The van der Waals surface area contributed by atoms with E-state index < -0.39 is 5.91 Å². The minimum absolute atomic E-state index is 0.0563. The van der Waals surface area contributed by atoms with Crippen LogP contribution in [0, 0.1) is 0 Å². The quantitative estimate of drug-likeness (QED) is 0.276. The largest absolute Gasteiger partial charge is 0.490 e. The Morgan fingerprint density at radius 2 is 1.69 bits per heavy atom. The second-order valence-electron chi connectivity index (χ2n) is 7.32. The number of nitrogens with one attached hydrogen (secondary N) is 2. The minimum atomic E-state index is -0.445. The number of thiocarbonyl (C=S) groups is 1. The van der Waals surface area contributed by atoms with Crippen LogP contribution in [0.3, 0.4) is 0 Å². The van der Waals surface area contributed by atoms with Crippen molar-refractivity contribution in [3.8, 4) is 5.75 Å². The van der Waals surface area contributed by atoms with Gasteiger partial charge in [0.1, 0.15) is 12.4 Å². The van der Waals surface area contributed by atoms with Crippen molar-refractivity contribution in [3.05, 3.63) is 88.4 Å². The lowest BCUT2D eigenvalue weighted by molar-refractivity contribution is 0.0967. The van der Waals surface area contributed by atoms with Gasteiger partial charge in [0.15, 0.2) is 5.11 Å². The zero-order chi connectivity index (χ0) is 25.2. The number of hydrogen-bond acceptors (Lipinski definition) is 5. The third-order valence-corrected chi connectivity index (χ3v) is 5.69. The lowest BCUT2D eigenvalue weighted by Gasteiger charge is -2.23. The number of nitrogens with zero attached hydrogens (tertiary/aromatic N) is 1. The average Bonchev–Trinajstić information content (AvgIpc) is 2.86. The highest BCUT2D eigenvalue weighted by Gasteiger charge is 2.20. The van der Waals surface area contributed by atoms with E-state index in [9.17, 15) is 9.59 Å². The summed E-state index contributed by atoms with van der Waals surface area (Å²) < 4.78 is 11.4. The van der Waals surface area contributed by atoms with Gasteiger partial charge in [0.05, 0.1) is 23.4 Å². The van der Waals surface area contributed by atoms with Crippen molar-refractivity contribution in [2.45, 2.75) is 6.92 Å². The number of methoxy groups -OCH3 is 1. The first-order valence-electron chi connectivity index (χ1n) is 10.9. The number of halogens is 1. The molecule has 2 N–H and O–H groups in total. The maximum absolute atomic E-state index is 13.4. The van der Waals surface area contributed by atoms with E-state index in [0.29, 0.717) is 42.3 Å². The van der Waals surface area contributed by atoms with Crippen LogP contribution in [0.15, 0.2) is 77.3 Å². The molecule has 3 rings (SSSR count). The second-order valence-corrected chi connectivity index (χ2v) is 8.64. The fourth-order valence-electron chi connectivity index (χ4n) is 3.34. The Hall–Kier alpha value is -3.27. The van der Waals surface area contributed by atoms with Crippen molar-refractivity contribution < 1.29 is 19.1 Å². The molecule has 0 radical (unpaired) electrons. The van der Waals surface area contributed by atoms with Crippen LogP contribution in [-0.4, -0.2) is 43.8 Å². The van der Waals surface area contributed by atoms with Crippen molar-refractivity contribution >= 4 is 56.4 Å². The Morgan fingerprint density at radius 3 is 2.40 bits per heavy atom. The highest BCUT2D eigenvalue weighted by atomic mass is 79.9. The number of para-hydroxylation sites is 2. The Labute approximate surface area is 218 Å². The molecule has 2 amide bonds. The van der Waals surface area contributed by atoms with Crippen LogP contribution in [0.4, 0.5) is 11.4 Å². The first kappa shape index (κ1) is 26.3. The van der Waals surface area contributed by atoms with Gasteiger partial charge in [-0.2, -0.15) is 0 Å². The summed E-state index contributed by atoms with van der Waals surface area (Å²) in [5.41, 5.74) is 2.02. The molecular weight excluding hydrogens is 530 g/mol. The molecule has 0 heterocycles. The standard InChI is InChI=1S/C26H26BrN3O4S/c1-3-30(19-9-5-4-6-10-19)25(32)20-11-7-8-12-22(20)28-26(35)29-24(31)21-17-18(27)13-14-23(21)34-16-15-33-2/h4-14,17H,3,15-16H2,1-2H3,(H2,28,29,31,35). The van der Waals surface area contributed by atoms with Crippen molar-refractivity contribution in [1.29, 1.82) is 0 Å². The summed E-state index contributed by atoms with van der Waals surface area (Å²) in [4.78, 5) is 28.0. The number of rotatable bonds is 9. The van der Waals surface area contributed by atoms with Gasteiger partial charge in [-0.25, -0.2) is 0 Å². The number of carbonyl (C=O) groups excluding carboxylic acids is 2. The van der Waals surface area contributed by atoms with Gasteiger partial charge in [-0.1, -0.05) is 46.3 Å². The van der Waals surface area contributed by atoms with Crippen LogP contribution in [0.1, 0.15) is 27.6 Å². The Kier molecular flexibility index (Phi) is 9.77. The predicted molar refractivity (Wildman–Crippen MR) is 145 cm³/mol. The number of carbonyl (C=O) groups is 2. The molecule has 0 aliphatic carbocycles. The van der Waals surface area contributed by atoms with E-state index >= 15 is 0 Å². The third kappa shape index (κ3) is 7.11. The molecule has 0 unspecified atom stereocenters. The molecule has 3 aromatic rings. The van der Waals surface area contributed by atoms with E-state index in [1.807, 2.05) is 37.3 Å². The Morgan fingerprint density at radius 1 is 0.971 bits per heavy atom. The van der Waals surface area contributed by atoms with Crippen molar-refractivity contribution in [3.63, 3.8) is 0 Å². The van der Waals surface area contributed by atoms with E-state index in [1.165, 1.54) is 0 Å². The first-order chi connectivity index (χ1) is 16.9. The van der Waals surface area contributed by atoms with Gasteiger partial charge in [-0.05, 0) is 61.6 Å². The molecule has 0 atom stereocenters. The zero-order valence-corrected chi connectivity index (χ0v) is 21.8. The lowest BCUT2D eigenvalue weighted by atomic mass is 10.1. The van der Waals surface area contributed by atoms with Gasteiger partial charge < -0.3 is 19.7 Å². The number of anilines is 2. The van der Waals surface area contributed by atoms with Crippen LogP contribution >= 0.6 is 28.1 Å². The molecule has 0 saturated heterocycles. The summed E-state index contributed by atoms with van der Waals surface area (Å²) in [5, 5.41) is 5.71. The van der Waals surface area contributed by atoms with E-state index in [0.717, 1.165) is 10.2 Å². The number of ether oxygens (including phenoxy) is 2. The van der Waals surface area contributed by atoms with Crippen LogP contribution in [-0.2, 0) is 4.74 Å². The van der Waals surface area contributed by atoms with Crippen molar-refractivity contribution in [1.82, 2.24) is 5.32 Å². The highest BCUT2D eigenvalue weighted by Crippen LogP contribution is 2.24. The molecule has 7 nitrogen and oxygen atoms in total. The predicted octanol–water partition coefficient (Wildman–Crippen LogP) is 5.27. The Bertz CT molecular complexity index is 1190. The van der Waals surface area contributed by atoms with Gasteiger partial charge in [-0.3, -0.25) is 14.9 Å². The zero-order valence-electron chi connectivity index (χ0n) is 19.4. The van der Waals surface area contributed by atoms with E-state index in [4.69, 9.17) is 21.7 Å². The van der Waals surface area contributed by atoms with E-state index in [2.05, 4.69) is 26.6 Å². The maximum atomic E-state index is 13.4. The van der Waals surface area contributed by atoms with Gasteiger partial charge >= 0.3 is 0 Å². The fraction of sp³-hybridized carbons (Fsp3) is 0.192. The topological polar surface area (TPSA) is 79.9 Å². The molecule has 3 aromatic carbocycles. The molecular formula is C26H26BrN3O4S.